The van der Waals surface area contributed by atoms with E-state index in [1.807, 2.05) is 18.2 Å². The molecule has 0 aliphatic rings. The Labute approximate surface area is 181 Å². The number of unbranched alkanes of at least 4 members (excludes halogenated alkanes) is 5. The van der Waals surface area contributed by atoms with Crippen molar-refractivity contribution in [1.29, 1.82) is 0 Å². The number of hydrogen-bond acceptors (Lipinski definition) is 4. The summed E-state index contributed by atoms with van der Waals surface area (Å²) in [5.74, 6) is 1.91. The van der Waals surface area contributed by atoms with Crippen LogP contribution in [0.25, 0.3) is 10.9 Å². The average Bonchev–Trinajstić information content (AvgIpc) is 2.77. The molecule has 0 aliphatic carbocycles. The van der Waals surface area contributed by atoms with Crippen LogP contribution in [0, 0.1) is 6.92 Å². The summed E-state index contributed by atoms with van der Waals surface area (Å²) >= 11 is 0. The van der Waals surface area contributed by atoms with Crippen molar-refractivity contribution in [3.05, 3.63) is 59.9 Å². The molecule has 4 heteroatoms. The minimum absolute atomic E-state index is 0.618. The molecule has 0 radical (unpaired) electrons. The molecule has 1 heterocycles. The number of anilines is 1. The van der Waals surface area contributed by atoms with Gasteiger partial charge in [-0.15, -0.1) is 0 Å². The van der Waals surface area contributed by atoms with Crippen LogP contribution in [0.2, 0.25) is 0 Å². The number of ether oxygens (including phenoxy) is 1. The zero-order chi connectivity index (χ0) is 21.2. The third-order valence-electron chi connectivity index (χ3n) is 5.63. The van der Waals surface area contributed by atoms with Crippen LogP contribution in [-0.4, -0.2) is 30.2 Å². The maximum absolute atomic E-state index is 6.08. The smallest absolute Gasteiger partial charge is 0.139 e. The molecule has 0 amide bonds. The lowest BCUT2D eigenvalue weighted by molar-refractivity contribution is 0.323. The summed E-state index contributed by atoms with van der Waals surface area (Å²) in [5.41, 5.74) is 3.60. The molecule has 3 aromatic rings. The molecule has 0 saturated carbocycles. The van der Waals surface area contributed by atoms with E-state index in [0.717, 1.165) is 35.4 Å². The van der Waals surface area contributed by atoms with Gasteiger partial charge in [0.25, 0.3) is 0 Å². The van der Waals surface area contributed by atoms with Gasteiger partial charge in [-0.2, -0.15) is 0 Å². The first-order valence-electron chi connectivity index (χ1n) is 11.3. The number of hydrogen-bond donors (Lipinski definition) is 0. The SMILES string of the molecule is CCCCCCCCc1ccc(OCCN(C)c2ncnc3ccccc23)c(C)c1. The summed E-state index contributed by atoms with van der Waals surface area (Å²) in [7, 11) is 2.05. The average molecular weight is 406 g/mol. The van der Waals surface area contributed by atoms with Gasteiger partial charge in [0.2, 0.25) is 0 Å². The first-order chi connectivity index (χ1) is 14.7. The number of likely N-dealkylation sites (N-methyl/N-ethyl adjacent to an activating group) is 1. The fourth-order valence-electron chi connectivity index (χ4n) is 3.83. The number of aryl methyl sites for hydroxylation is 2. The number of benzene rings is 2. The molecule has 0 saturated heterocycles. The third-order valence-corrected chi connectivity index (χ3v) is 5.63. The van der Waals surface area contributed by atoms with Gasteiger partial charge in [-0.1, -0.05) is 63.3 Å². The number of rotatable bonds is 12. The van der Waals surface area contributed by atoms with E-state index in [9.17, 15) is 0 Å². The van der Waals surface area contributed by atoms with E-state index < -0.39 is 0 Å². The zero-order valence-electron chi connectivity index (χ0n) is 18.7. The summed E-state index contributed by atoms with van der Waals surface area (Å²) in [6, 6.07) is 14.7. The highest BCUT2D eigenvalue weighted by atomic mass is 16.5. The molecule has 0 unspecified atom stereocenters. The normalized spacial score (nSPS) is 11.0. The Morgan fingerprint density at radius 3 is 2.57 bits per heavy atom. The summed E-state index contributed by atoms with van der Waals surface area (Å²) in [4.78, 5) is 10.9. The van der Waals surface area contributed by atoms with E-state index in [1.54, 1.807) is 6.33 Å². The molecule has 2 aromatic carbocycles. The van der Waals surface area contributed by atoms with Crippen LogP contribution in [0.5, 0.6) is 5.75 Å². The number of fused-ring (bicyclic) bond motifs is 1. The third kappa shape index (κ3) is 6.19. The highest BCUT2D eigenvalue weighted by Crippen LogP contribution is 2.23. The van der Waals surface area contributed by atoms with E-state index >= 15 is 0 Å². The maximum Gasteiger partial charge on any atom is 0.139 e. The van der Waals surface area contributed by atoms with Crippen LogP contribution in [0.1, 0.15) is 56.6 Å². The van der Waals surface area contributed by atoms with Crippen LogP contribution in [0.3, 0.4) is 0 Å². The van der Waals surface area contributed by atoms with Gasteiger partial charge in [-0.05, 0) is 49.1 Å². The van der Waals surface area contributed by atoms with E-state index in [4.69, 9.17) is 4.74 Å². The predicted octanol–water partition coefficient (Wildman–Crippen LogP) is 6.36. The van der Waals surface area contributed by atoms with Gasteiger partial charge in [0.1, 0.15) is 24.5 Å². The highest BCUT2D eigenvalue weighted by Gasteiger charge is 2.09. The zero-order valence-corrected chi connectivity index (χ0v) is 18.7. The van der Waals surface area contributed by atoms with Crippen molar-refractivity contribution in [1.82, 2.24) is 9.97 Å². The molecule has 0 N–H and O–H groups in total. The number of para-hydroxylation sites is 1. The van der Waals surface area contributed by atoms with Gasteiger partial charge in [-0.3, -0.25) is 0 Å². The molecule has 0 fully saturated rings. The van der Waals surface area contributed by atoms with Crippen molar-refractivity contribution >= 4 is 16.7 Å². The summed E-state index contributed by atoms with van der Waals surface area (Å²) in [5, 5.41) is 1.07. The molecule has 30 heavy (non-hydrogen) atoms. The van der Waals surface area contributed by atoms with Crippen molar-refractivity contribution in [2.24, 2.45) is 0 Å². The Bertz CT molecular complexity index is 920. The van der Waals surface area contributed by atoms with Crippen LogP contribution in [0.4, 0.5) is 5.82 Å². The highest BCUT2D eigenvalue weighted by molar-refractivity contribution is 5.89. The summed E-state index contributed by atoms with van der Waals surface area (Å²) in [6.07, 6.45) is 10.8. The van der Waals surface area contributed by atoms with Gasteiger partial charge in [0.15, 0.2) is 0 Å². The molecule has 3 rings (SSSR count). The van der Waals surface area contributed by atoms with E-state index in [1.165, 1.54) is 49.7 Å². The number of aromatic nitrogens is 2. The number of nitrogens with zero attached hydrogens (tertiary/aromatic N) is 3. The molecular formula is C26H35N3O. The van der Waals surface area contributed by atoms with Crippen LogP contribution < -0.4 is 9.64 Å². The lowest BCUT2D eigenvalue weighted by Crippen LogP contribution is -2.25. The van der Waals surface area contributed by atoms with Crippen molar-refractivity contribution in [3.8, 4) is 5.75 Å². The largest absolute Gasteiger partial charge is 0.491 e. The van der Waals surface area contributed by atoms with E-state index in [-0.39, 0.29) is 0 Å². The fourth-order valence-corrected chi connectivity index (χ4v) is 3.83. The molecule has 0 atom stereocenters. The monoisotopic (exact) mass is 405 g/mol. The van der Waals surface area contributed by atoms with Gasteiger partial charge in [0.05, 0.1) is 12.1 Å². The van der Waals surface area contributed by atoms with Crippen molar-refractivity contribution in [3.63, 3.8) is 0 Å². The van der Waals surface area contributed by atoms with Crippen LogP contribution in [0.15, 0.2) is 48.8 Å². The maximum atomic E-state index is 6.08. The Kier molecular flexibility index (Phi) is 8.49. The van der Waals surface area contributed by atoms with Crippen LogP contribution in [-0.2, 0) is 6.42 Å². The lowest BCUT2D eigenvalue weighted by Gasteiger charge is -2.20. The second-order valence-corrected chi connectivity index (χ2v) is 8.10. The molecule has 0 aliphatic heterocycles. The Hall–Kier alpha value is -2.62. The van der Waals surface area contributed by atoms with Gasteiger partial charge in [0, 0.05) is 12.4 Å². The second-order valence-electron chi connectivity index (χ2n) is 8.10. The van der Waals surface area contributed by atoms with Crippen molar-refractivity contribution in [2.75, 3.05) is 25.1 Å². The molecule has 1 aromatic heterocycles. The Morgan fingerprint density at radius 2 is 1.73 bits per heavy atom. The Balaban J connectivity index is 1.47. The molecule has 4 nitrogen and oxygen atoms in total. The van der Waals surface area contributed by atoms with Crippen LogP contribution >= 0.6 is 0 Å². The molecular weight excluding hydrogens is 370 g/mol. The Morgan fingerprint density at radius 1 is 0.933 bits per heavy atom. The van der Waals surface area contributed by atoms with Gasteiger partial charge in [-0.25, -0.2) is 9.97 Å². The first-order valence-corrected chi connectivity index (χ1v) is 11.3. The van der Waals surface area contributed by atoms with Crippen molar-refractivity contribution < 1.29 is 4.74 Å². The van der Waals surface area contributed by atoms with Gasteiger partial charge < -0.3 is 9.64 Å². The molecule has 0 bridgehead atoms. The summed E-state index contributed by atoms with van der Waals surface area (Å²) < 4.78 is 6.08. The fraction of sp³-hybridized carbons (Fsp3) is 0.462. The minimum Gasteiger partial charge on any atom is -0.491 e. The van der Waals surface area contributed by atoms with E-state index in [0.29, 0.717) is 6.61 Å². The van der Waals surface area contributed by atoms with Crippen molar-refractivity contribution in [2.45, 2.75) is 58.8 Å². The summed E-state index contributed by atoms with van der Waals surface area (Å²) in [6.45, 7) is 5.79. The topological polar surface area (TPSA) is 38.2 Å². The van der Waals surface area contributed by atoms with Gasteiger partial charge >= 0.3 is 0 Å². The lowest BCUT2D eigenvalue weighted by atomic mass is 10.0. The molecule has 0 spiro atoms. The quantitative estimate of drug-likeness (QED) is 0.329. The predicted molar refractivity (Wildman–Crippen MR) is 127 cm³/mol. The molecule has 160 valence electrons. The first kappa shape index (κ1) is 22.1. The second kappa shape index (κ2) is 11.5. The minimum atomic E-state index is 0.618. The standard InChI is InChI=1S/C26H35N3O/c1-4-5-6-7-8-9-12-22-15-16-25(21(2)19-22)30-18-17-29(3)26-23-13-10-11-14-24(23)27-20-28-26/h10-11,13-16,19-20H,4-9,12,17-18H2,1-3H3. The van der Waals surface area contributed by atoms with E-state index in [2.05, 4.69) is 60.0 Å².